The number of carboxylic acid groups (broad SMARTS) is 1. The molecule has 10 heteroatoms. The first-order valence-electron chi connectivity index (χ1n) is 8.64. The van der Waals surface area contributed by atoms with Gasteiger partial charge >= 0.3 is 5.97 Å². The van der Waals surface area contributed by atoms with Crippen LogP contribution >= 0.6 is 11.8 Å². The van der Waals surface area contributed by atoms with Crippen LogP contribution in [0.4, 0.5) is 5.69 Å². The summed E-state index contributed by atoms with van der Waals surface area (Å²) in [4.78, 5) is 47.9. The highest BCUT2D eigenvalue weighted by Gasteiger charge is 2.54. The number of thioether (sulfide) groups is 1. The van der Waals surface area contributed by atoms with Gasteiger partial charge in [0.25, 0.3) is 11.6 Å². The lowest BCUT2D eigenvalue weighted by molar-refractivity contribution is -0.384. The zero-order valence-electron chi connectivity index (χ0n) is 15.2. The molecule has 0 radical (unpaired) electrons. The summed E-state index contributed by atoms with van der Waals surface area (Å²) in [6, 6.07) is 4.82. The van der Waals surface area contributed by atoms with Gasteiger partial charge in [-0.05, 0) is 17.1 Å². The molecule has 0 aliphatic carbocycles. The standard InChI is InChI=1S/C18H19N3O6S/c1-9(2)12-8-28-17-14(16(23)20(17)15(12)18(24)25)19-13(22)7-10-3-5-11(6-4-10)21(26)27/h3-6,9,14,17H,7-8H2,1-2H3,(H,19,22)(H,24,25)/t14?,17-/m1/s1. The van der Waals surface area contributed by atoms with Gasteiger partial charge in [-0.25, -0.2) is 4.79 Å². The molecule has 0 bridgehead atoms. The van der Waals surface area contributed by atoms with Crippen LogP contribution in [0.15, 0.2) is 35.5 Å². The van der Waals surface area contributed by atoms with Crippen molar-refractivity contribution in [3.63, 3.8) is 0 Å². The van der Waals surface area contributed by atoms with Gasteiger partial charge < -0.3 is 10.4 Å². The number of rotatable bonds is 6. The number of carboxylic acids is 1. The average molecular weight is 405 g/mol. The van der Waals surface area contributed by atoms with Crippen LogP contribution in [0.25, 0.3) is 0 Å². The number of hydrogen-bond acceptors (Lipinski definition) is 6. The van der Waals surface area contributed by atoms with Crippen LogP contribution in [-0.4, -0.2) is 49.9 Å². The van der Waals surface area contributed by atoms with Gasteiger partial charge in [-0.15, -0.1) is 11.8 Å². The van der Waals surface area contributed by atoms with Crippen LogP contribution in [0, 0.1) is 16.0 Å². The summed E-state index contributed by atoms with van der Waals surface area (Å²) in [5.74, 6) is -1.49. The Morgan fingerprint density at radius 3 is 2.54 bits per heavy atom. The quantitative estimate of drug-likeness (QED) is 0.417. The van der Waals surface area contributed by atoms with E-state index < -0.39 is 34.1 Å². The van der Waals surface area contributed by atoms with Gasteiger partial charge in [0.1, 0.15) is 17.1 Å². The van der Waals surface area contributed by atoms with Crippen LogP contribution in [0.5, 0.6) is 0 Å². The normalized spacial score (nSPS) is 21.2. The predicted molar refractivity (Wildman–Crippen MR) is 101 cm³/mol. The van der Waals surface area contributed by atoms with Crippen molar-refractivity contribution in [1.82, 2.24) is 10.2 Å². The third kappa shape index (κ3) is 3.59. The molecule has 0 spiro atoms. The second-order valence-electron chi connectivity index (χ2n) is 6.89. The van der Waals surface area contributed by atoms with Crippen molar-refractivity contribution in [1.29, 1.82) is 0 Å². The van der Waals surface area contributed by atoms with Gasteiger partial charge in [-0.1, -0.05) is 26.0 Å². The first-order valence-corrected chi connectivity index (χ1v) is 9.69. The summed E-state index contributed by atoms with van der Waals surface area (Å²) in [5, 5.41) is 22.4. The highest BCUT2D eigenvalue weighted by Crippen LogP contribution is 2.42. The van der Waals surface area contributed by atoms with E-state index in [2.05, 4.69) is 5.32 Å². The molecule has 2 N–H and O–H groups in total. The summed E-state index contributed by atoms with van der Waals surface area (Å²) >= 11 is 1.43. The maximum absolute atomic E-state index is 12.5. The summed E-state index contributed by atoms with van der Waals surface area (Å²) < 4.78 is 0. The molecule has 2 amide bonds. The number of aliphatic carboxylic acids is 1. The maximum atomic E-state index is 12.5. The maximum Gasteiger partial charge on any atom is 0.352 e. The molecule has 3 rings (SSSR count). The van der Waals surface area contributed by atoms with Gasteiger partial charge in [-0.2, -0.15) is 0 Å². The fraction of sp³-hybridized carbons (Fsp3) is 0.389. The molecule has 1 saturated heterocycles. The smallest absolute Gasteiger partial charge is 0.352 e. The molecule has 28 heavy (non-hydrogen) atoms. The lowest BCUT2D eigenvalue weighted by Gasteiger charge is -2.50. The number of benzene rings is 1. The van der Waals surface area contributed by atoms with Gasteiger partial charge in [0, 0.05) is 17.9 Å². The lowest BCUT2D eigenvalue weighted by Crippen LogP contribution is -2.70. The Balaban J connectivity index is 1.67. The van der Waals surface area contributed by atoms with Gasteiger partial charge in [0.05, 0.1) is 11.3 Å². The van der Waals surface area contributed by atoms with E-state index >= 15 is 0 Å². The molecule has 9 nitrogen and oxygen atoms in total. The fourth-order valence-electron chi connectivity index (χ4n) is 3.23. The molecular formula is C18H19N3O6S. The number of carbonyl (C=O) groups excluding carboxylic acids is 2. The lowest BCUT2D eigenvalue weighted by atomic mass is 9.97. The molecule has 2 aliphatic rings. The predicted octanol–water partition coefficient (Wildman–Crippen LogP) is 1.53. The topological polar surface area (TPSA) is 130 Å². The number of fused-ring (bicyclic) bond motifs is 1. The van der Waals surface area contributed by atoms with Crippen LogP contribution in [-0.2, 0) is 20.8 Å². The van der Waals surface area contributed by atoms with Crippen molar-refractivity contribution in [2.75, 3.05) is 5.75 Å². The molecule has 2 atom stereocenters. The molecule has 1 aromatic carbocycles. The zero-order valence-corrected chi connectivity index (χ0v) is 16.1. The minimum absolute atomic E-state index is 0.00290. The average Bonchev–Trinajstić information content (AvgIpc) is 2.64. The van der Waals surface area contributed by atoms with Gasteiger partial charge in [0.15, 0.2) is 0 Å². The van der Waals surface area contributed by atoms with Crippen molar-refractivity contribution in [2.24, 2.45) is 5.92 Å². The Morgan fingerprint density at radius 1 is 1.36 bits per heavy atom. The Hall–Kier alpha value is -2.88. The fourth-order valence-corrected chi connectivity index (χ4v) is 4.79. The Morgan fingerprint density at radius 2 is 2.00 bits per heavy atom. The van der Waals surface area contributed by atoms with Gasteiger partial charge in [-0.3, -0.25) is 24.6 Å². The third-order valence-electron chi connectivity index (χ3n) is 4.73. The highest BCUT2D eigenvalue weighted by atomic mass is 32.2. The minimum atomic E-state index is -1.14. The van der Waals surface area contributed by atoms with Crippen molar-refractivity contribution in [2.45, 2.75) is 31.7 Å². The van der Waals surface area contributed by atoms with Crippen LogP contribution < -0.4 is 5.32 Å². The van der Waals surface area contributed by atoms with E-state index in [-0.39, 0.29) is 23.7 Å². The number of nitro groups is 1. The second kappa shape index (κ2) is 7.63. The van der Waals surface area contributed by atoms with Crippen molar-refractivity contribution < 1.29 is 24.4 Å². The minimum Gasteiger partial charge on any atom is -0.477 e. The number of β-lactam (4-membered cyclic amide) rings is 1. The molecular weight excluding hydrogens is 386 g/mol. The summed E-state index contributed by atoms with van der Waals surface area (Å²) in [7, 11) is 0. The second-order valence-corrected chi connectivity index (χ2v) is 7.99. The van der Waals surface area contributed by atoms with E-state index in [0.29, 0.717) is 16.9 Å². The molecule has 2 aliphatic heterocycles. The Bertz CT molecular complexity index is 880. The molecule has 2 heterocycles. The molecule has 0 saturated carbocycles. The summed E-state index contributed by atoms with van der Waals surface area (Å²) in [6.45, 7) is 3.76. The van der Waals surface area contributed by atoms with Gasteiger partial charge in [0.2, 0.25) is 5.91 Å². The number of nitro benzene ring substituents is 1. The van der Waals surface area contributed by atoms with Crippen LogP contribution in [0.3, 0.4) is 0 Å². The largest absolute Gasteiger partial charge is 0.477 e. The van der Waals surface area contributed by atoms with E-state index in [9.17, 15) is 29.6 Å². The number of nitrogens with zero attached hydrogens (tertiary/aromatic N) is 2. The number of carbonyl (C=O) groups is 3. The zero-order chi connectivity index (χ0) is 20.6. The summed E-state index contributed by atoms with van der Waals surface area (Å²) in [5.41, 5.74) is 1.24. The van der Waals surface area contributed by atoms with E-state index in [1.165, 1.54) is 40.9 Å². The van der Waals surface area contributed by atoms with Crippen molar-refractivity contribution >= 4 is 35.2 Å². The Labute approximate surface area is 164 Å². The molecule has 0 aromatic heterocycles. The monoisotopic (exact) mass is 405 g/mol. The number of amides is 2. The van der Waals surface area contributed by atoms with E-state index in [0.717, 1.165) is 0 Å². The highest BCUT2D eigenvalue weighted by molar-refractivity contribution is 8.00. The van der Waals surface area contributed by atoms with E-state index in [1.54, 1.807) is 0 Å². The first kappa shape index (κ1) is 19.9. The number of hydrogen-bond donors (Lipinski definition) is 2. The summed E-state index contributed by atoms with van der Waals surface area (Å²) in [6.07, 6.45) is -0.0297. The molecule has 148 valence electrons. The van der Waals surface area contributed by atoms with Crippen LogP contribution in [0.1, 0.15) is 19.4 Å². The molecule has 1 unspecified atom stereocenters. The third-order valence-corrected chi connectivity index (χ3v) is 6.03. The number of non-ortho nitro benzene ring substituents is 1. The van der Waals surface area contributed by atoms with Crippen molar-refractivity contribution in [3.8, 4) is 0 Å². The first-order chi connectivity index (χ1) is 13.2. The Kier molecular flexibility index (Phi) is 5.41. The van der Waals surface area contributed by atoms with Crippen molar-refractivity contribution in [3.05, 3.63) is 51.2 Å². The van der Waals surface area contributed by atoms with E-state index in [4.69, 9.17) is 0 Å². The molecule has 1 fully saturated rings. The number of nitrogens with one attached hydrogen (secondary N) is 1. The SMILES string of the molecule is CC(C)C1=C(C(=O)O)N2C(=O)C(NC(=O)Cc3ccc([N+](=O)[O-])cc3)[C@H]2SC1. The van der Waals surface area contributed by atoms with E-state index in [1.807, 2.05) is 13.8 Å². The van der Waals surface area contributed by atoms with Crippen LogP contribution in [0.2, 0.25) is 0 Å². The molecule has 1 aromatic rings.